The standard InChI is InChI=1S/C16H26N4O2S/c1-16(2,3)22-15(21)20-9-5-6-12(11-20)19-10-13-14(23-4)18-8-7-17-13/h7-8,12,19H,5-6,9-11H2,1-4H3. The Labute approximate surface area is 142 Å². The largest absolute Gasteiger partial charge is 0.444 e. The Hall–Kier alpha value is -1.34. The van der Waals surface area contributed by atoms with Crippen LogP contribution in [-0.4, -0.2) is 51.9 Å². The number of hydrogen-bond acceptors (Lipinski definition) is 6. The minimum Gasteiger partial charge on any atom is -0.444 e. The molecule has 1 amide bonds. The number of ether oxygens (including phenoxy) is 1. The van der Waals surface area contributed by atoms with Gasteiger partial charge in [-0.1, -0.05) is 0 Å². The summed E-state index contributed by atoms with van der Waals surface area (Å²) < 4.78 is 5.46. The van der Waals surface area contributed by atoms with Gasteiger partial charge >= 0.3 is 6.09 Å². The van der Waals surface area contributed by atoms with Crippen LogP contribution in [0.5, 0.6) is 0 Å². The van der Waals surface area contributed by atoms with Crippen molar-refractivity contribution in [2.45, 2.75) is 56.8 Å². The van der Waals surface area contributed by atoms with E-state index >= 15 is 0 Å². The fourth-order valence-electron chi connectivity index (χ4n) is 2.52. The molecule has 1 fully saturated rings. The van der Waals surface area contributed by atoms with E-state index in [0.29, 0.717) is 13.1 Å². The lowest BCUT2D eigenvalue weighted by Crippen LogP contribution is -2.49. The Kier molecular flexibility index (Phi) is 6.24. The number of amides is 1. The van der Waals surface area contributed by atoms with Gasteiger partial charge in [0.15, 0.2) is 0 Å². The molecular formula is C16H26N4O2S. The van der Waals surface area contributed by atoms with Crippen LogP contribution in [0, 0.1) is 0 Å². The van der Waals surface area contributed by atoms with Crippen molar-refractivity contribution in [2.75, 3.05) is 19.3 Å². The van der Waals surface area contributed by atoms with Crippen molar-refractivity contribution in [1.29, 1.82) is 0 Å². The molecule has 1 unspecified atom stereocenters. The highest BCUT2D eigenvalue weighted by atomic mass is 32.2. The number of aromatic nitrogens is 2. The van der Waals surface area contributed by atoms with Crippen LogP contribution in [0.1, 0.15) is 39.3 Å². The highest BCUT2D eigenvalue weighted by Gasteiger charge is 2.27. The zero-order chi connectivity index (χ0) is 16.9. The minimum atomic E-state index is -0.454. The first-order chi connectivity index (χ1) is 10.9. The van der Waals surface area contributed by atoms with Crippen molar-refractivity contribution >= 4 is 17.9 Å². The predicted molar refractivity (Wildman–Crippen MR) is 91.5 cm³/mol. The molecule has 0 saturated carbocycles. The van der Waals surface area contributed by atoms with Crippen LogP contribution in [0.15, 0.2) is 17.4 Å². The third kappa shape index (κ3) is 5.66. The molecule has 1 saturated heterocycles. The van der Waals surface area contributed by atoms with Crippen LogP contribution in [0.4, 0.5) is 4.79 Å². The molecule has 23 heavy (non-hydrogen) atoms. The molecule has 1 N–H and O–H groups in total. The maximum Gasteiger partial charge on any atom is 0.410 e. The summed E-state index contributed by atoms with van der Waals surface area (Å²) in [6, 6.07) is 0.257. The quantitative estimate of drug-likeness (QED) is 0.852. The number of hydrogen-bond donors (Lipinski definition) is 1. The van der Waals surface area contributed by atoms with Gasteiger partial charge in [0, 0.05) is 38.1 Å². The van der Waals surface area contributed by atoms with E-state index in [1.54, 1.807) is 29.1 Å². The Balaban J connectivity index is 1.88. The summed E-state index contributed by atoms with van der Waals surface area (Å²) in [5.41, 5.74) is 0.499. The van der Waals surface area contributed by atoms with Crippen molar-refractivity contribution in [3.63, 3.8) is 0 Å². The smallest absolute Gasteiger partial charge is 0.410 e. The predicted octanol–water partition coefficient (Wildman–Crippen LogP) is 2.69. The van der Waals surface area contributed by atoms with E-state index in [4.69, 9.17) is 4.74 Å². The maximum absolute atomic E-state index is 12.2. The summed E-state index contributed by atoms with van der Waals surface area (Å²) in [6.07, 6.45) is 7.22. The SMILES string of the molecule is CSc1nccnc1CNC1CCCN(C(=O)OC(C)(C)C)C1. The molecule has 0 aromatic carbocycles. The first kappa shape index (κ1) is 18.0. The average molecular weight is 338 g/mol. The number of nitrogens with zero attached hydrogens (tertiary/aromatic N) is 3. The van der Waals surface area contributed by atoms with Crippen LogP contribution in [0.2, 0.25) is 0 Å². The summed E-state index contributed by atoms with van der Waals surface area (Å²) in [6.45, 7) is 7.77. The molecule has 0 radical (unpaired) electrons. The second-order valence-electron chi connectivity index (χ2n) is 6.66. The van der Waals surface area contributed by atoms with E-state index in [1.165, 1.54) is 0 Å². The molecule has 1 aliphatic heterocycles. The van der Waals surface area contributed by atoms with Gasteiger partial charge in [0.25, 0.3) is 0 Å². The van der Waals surface area contributed by atoms with E-state index in [0.717, 1.165) is 30.1 Å². The second-order valence-corrected chi connectivity index (χ2v) is 7.45. The summed E-state index contributed by atoms with van der Waals surface area (Å²) >= 11 is 1.60. The highest BCUT2D eigenvalue weighted by molar-refractivity contribution is 7.98. The van der Waals surface area contributed by atoms with E-state index in [-0.39, 0.29) is 12.1 Å². The molecule has 1 aliphatic rings. The third-order valence-electron chi connectivity index (χ3n) is 3.56. The molecule has 6 nitrogen and oxygen atoms in total. The Morgan fingerprint density at radius 3 is 2.87 bits per heavy atom. The number of nitrogens with one attached hydrogen (secondary N) is 1. The van der Waals surface area contributed by atoms with Crippen LogP contribution < -0.4 is 5.32 Å². The maximum atomic E-state index is 12.2. The minimum absolute atomic E-state index is 0.228. The summed E-state index contributed by atoms with van der Waals surface area (Å²) in [7, 11) is 0. The van der Waals surface area contributed by atoms with Gasteiger partial charge in [-0.15, -0.1) is 11.8 Å². The molecule has 2 heterocycles. The monoisotopic (exact) mass is 338 g/mol. The van der Waals surface area contributed by atoms with Crippen molar-refractivity contribution in [3.05, 3.63) is 18.1 Å². The number of likely N-dealkylation sites (tertiary alicyclic amines) is 1. The van der Waals surface area contributed by atoms with E-state index in [1.807, 2.05) is 27.0 Å². The highest BCUT2D eigenvalue weighted by Crippen LogP contribution is 2.17. The van der Waals surface area contributed by atoms with E-state index < -0.39 is 5.60 Å². The molecule has 0 aliphatic carbocycles. The van der Waals surface area contributed by atoms with Crippen molar-refractivity contribution in [1.82, 2.24) is 20.2 Å². The molecule has 0 spiro atoms. The summed E-state index contributed by atoms with van der Waals surface area (Å²) in [5.74, 6) is 0. The van der Waals surface area contributed by atoms with Gasteiger partial charge in [-0.25, -0.2) is 9.78 Å². The Morgan fingerprint density at radius 1 is 1.43 bits per heavy atom. The fraction of sp³-hybridized carbons (Fsp3) is 0.688. The zero-order valence-corrected chi connectivity index (χ0v) is 15.2. The van der Waals surface area contributed by atoms with Crippen LogP contribution in [0.25, 0.3) is 0 Å². The fourth-order valence-corrected chi connectivity index (χ4v) is 3.05. The third-order valence-corrected chi connectivity index (χ3v) is 4.29. The van der Waals surface area contributed by atoms with Gasteiger partial charge < -0.3 is 15.0 Å². The lowest BCUT2D eigenvalue weighted by molar-refractivity contribution is 0.0187. The summed E-state index contributed by atoms with van der Waals surface area (Å²) in [4.78, 5) is 22.7. The molecule has 7 heteroatoms. The van der Waals surface area contributed by atoms with Crippen molar-refractivity contribution in [3.8, 4) is 0 Å². The molecule has 1 aromatic rings. The van der Waals surface area contributed by atoms with Crippen LogP contribution in [-0.2, 0) is 11.3 Å². The number of carbonyl (C=O) groups excluding carboxylic acids is 1. The van der Waals surface area contributed by atoms with Gasteiger partial charge in [-0.2, -0.15) is 0 Å². The molecule has 128 valence electrons. The molecule has 0 bridgehead atoms. The Morgan fingerprint density at radius 2 is 2.17 bits per heavy atom. The number of carbonyl (C=O) groups is 1. The number of rotatable bonds is 4. The molecule has 2 rings (SSSR count). The van der Waals surface area contributed by atoms with Gasteiger partial charge in [0.05, 0.1) is 5.69 Å². The number of thioether (sulfide) groups is 1. The van der Waals surface area contributed by atoms with E-state index in [2.05, 4.69) is 15.3 Å². The van der Waals surface area contributed by atoms with Gasteiger partial charge in [-0.3, -0.25) is 4.98 Å². The van der Waals surface area contributed by atoms with Gasteiger partial charge in [0.2, 0.25) is 0 Å². The van der Waals surface area contributed by atoms with Gasteiger partial charge in [0.1, 0.15) is 10.6 Å². The Bertz CT molecular complexity index is 533. The normalized spacial score (nSPS) is 18.8. The summed E-state index contributed by atoms with van der Waals surface area (Å²) in [5, 5.41) is 4.44. The van der Waals surface area contributed by atoms with E-state index in [9.17, 15) is 4.79 Å². The molecule has 1 aromatic heterocycles. The number of piperidine rings is 1. The lowest BCUT2D eigenvalue weighted by Gasteiger charge is -2.34. The topological polar surface area (TPSA) is 67.4 Å². The lowest BCUT2D eigenvalue weighted by atomic mass is 10.1. The van der Waals surface area contributed by atoms with Crippen LogP contribution in [0.3, 0.4) is 0 Å². The molecule has 1 atom stereocenters. The first-order valence-corrected chi connectivity index (χ1v) is 9.16. The average Bonchev–Trinajstić information content (AvgIpc) is 2.52. The molecular weight excluding hydrogens is 312 g/mol. The zero-order valence-electron chi connectivity index (χ0n) is 14.3. The first-order valence-electron chi connectivity index (χ1n) is 7.94. The van der Waals surface area contributed by atoms with Crippen LogP contribution >= 0.6 is 11.8 Å². The van der Waals surface area contributed by atoms with Gasteiger partial charge in [-0.05, 0) is 39.9 Å². The van der Waals surface area contributed by atoms with Crippen molar-refractivity contribution < 1.29 is 9.53 Å². The van der Waals surface area contributed by atoms with Crippen molar-refractivity contribution in [2.24, 2.45) is 0 Å². The second kappa shape index (κ2) is 7.97.